The average Bonchev–Trinajstić information content (AvgIpc) is 2.42. The number of hydrogen-bond donors (Lipinski definition) is 2. The van der Waals surface area contributed by atoms with E-state index in [0.717, 1.165) is 12.6 Å². The zero-order chi connectivity index (χ0) is 14.9. The molecule has 1 fully saturated rings. The lowest BCUT2D eigenvalue weighted by Crippen LogP contribution is -2.61. The van der Waals surface area contributed by atoms with Crippen LogP contribution in [0.1, 0.15) is 30.6 Å². The topological polar surface area (TPSA) is 63.2 Å². The van der Waals surface area contributed by atoms with Gasteiger partial charge in [-0.15, -0.1) is 0 Å². The Balaban J connectivity index is 2.12. The Labute approximate surface area is 117 Å². The van der Waals surface area contributed by atoms with Crippen LogP contribution >= 0.6 is 0 Å². The number of carbonyl (C=O) groups is 1. The summed E-state index contributed by atoms with van der Waals surface area (Å²) in [5.74, 6) is -0.491. The van der Waals surface area contributed by atoms with Crippen LogP contribution in [0.25, 0.3) is 0 Å². The number of anilines is 1. The number of carbonyl (C=O) groups excluding carboxylic acids is 1. The van der Waals surface area contributed by atoms with Gasteiger partial charge in [0.1, 0.15) is 11.6 Å². The van der Waals surface area contributed by atoms with E-state index in [4.69, 9.17) is 4.74 Å². The smallest absolute Gasteiger partial charge is 0.255 e. The molecule has 6 heteroatoms. The summed E-state index contributed by atoms with van der Waals surface area (Å²) >= 11 is 0. The summed E-state index contributed by atoms with van der Waals surface area (Å²) in [6.07, 6.45) is 1.96. The van der Waals surface area contributed by atoms with Crippen LogP contribution in [0.4, 0.5) is 10.2 Å². The van der Waals surface area contributed by atoms with Gasteiger partial charge in [0.05, 0.1) is 17.9 Å². The Morgan fingerprint density at radius 2 is 2.25 bits per heavy atom. The van der Waals surface area contributed by atoms with E-state index in [9.17, 15) is 9.18 Å². The number of halogens is 1. The Bertz CT molecular complexity index is 519. The first-order valence-corrected chi connectivity index (χ1v) is 6.57. The second-order valence-electron chi connectivity index (χ2n) is 5.61. The summed E-state index contributed by atoms with van der Waals surface area (Å²) < 4.78 is 18.6. The number of nitrogens with zero attached hydrogens (tertiary/aromatic N) is 1. The molecule has 1 amide bonds. The first kappa shape index (κ1) is 14.7. The quantitative estimate of drug-likeness (QED) is 0.883. The van der Waals surface area contributed by atoms with Crippen molar-refractivity contribution in [3.05, 3.63) is 23.6 Å². The number of hydrogen-bond acceptors (Lipinski definition) is 4. The lowest BCUT2D eigenvalue weighted by molar-refractivity contribution is -0.0942. The van der Waals surface area contributed by atoms with Crippen molar-refractivity contribution in [2.24, 2.45) is 5.41 Å². The zero-order valence-electron chi connectivity index (χ0n) is 12.2. The van der Waals surface area contributed by atoms with Crippen LogP contribution in [-0.4, -0.2) is 37.2 Å². The molecule has 20 heavy (non-hydrogen) atoms. The van der Waals surface area contributed by atoms with Crippen molar-refractivity contribution >= 4 is 11.7 Å². The fraction of sp³-hybridized carbons (Fsp3) is 0.571. The van der Waals surface area contributed by atoms with Crippen molar-refractivity contribution in [2.75, 3.05) is 19.5 Å². The second kappa shape index (κ2) is 5.36. The molecule has 2 atom stereocenters. The van der Waals surface area contributed by atoms with Crippen LogP contribution in [0.15, 0.2) is 12.3 Å². The highest BCUT2D eigenvalue weighted by Crippen LogP contribution is 2.42. The van der Waals surface area contributed by atoms with E-state index in [-0.39, 0.29) is 29.0 Å². The number of rotatable bonds is 4. The molecule has 2 N–H and O–H groups in total. The highest BCUT2D eigenvalue weighted by atomic mass is 19.1. The molecule has 2 unspecified atom stereocenters. The summed E-state index contributed by atoms with van der Waals surface area (Å²) in [5.41, 5.74) is 0.0782. The first-order valence-electron chi connectivity index (χ1n) is 6.57. The van der Waals surface area contributed by atoms with Crippen LogP contribution in [0, 0.1) is 11.2 Å². The van der Waals surface area contributed by atoms with Gasteiger partial charge in [0.15, 0.2) is 0 Å². The lowest BCUT2D eigenvalue weighted by Gasteiger charge is -2.51. The fourth-order valence-electron chi connectivity index (χ4n) is 2.58. The molecule has 1 heterocycles. The minimum atomic E-state index is -0.531. The van der Waals surface area contributed by atoms with Gasteiger partial charge in [-0.05, 0) is 12.5 Å². The lowest BCUT2D eigenvalue weighted by atomic mass is 9.64. The molecular weight excluding hydrogens is 261 g/mol. The molecule has 0 radical (unpaired) electrons. The van der Waals surface area contributed by atoms with Crippen LogP contribution in [0.2, 0.25) is 0 Å². The molecule has 1 aliphatic carbocycles. The molecular formula is C14H20FN3O2. The van der Waals surface area contributed by atoms with E-state index in [0.29, 0.717) is 5.82 Å². The molecule has 0 spiro atoms. The van der Waals surface area contributed by atoms with Gasteiger partial charge >= 0.3 is 0 Å². The molecule has 110 valence electrons. The Morgan fingerprint density at radius 3 is 2.80 bits per heavy atom. The van der Waals surface area contributed by atoms with Crippen molar-refractivity contribution in [1.82, 2.24) is 10.3 Å². The van der Waals surface area contributed by atoms with E-state index in [1.54, 1.807) is 14.2 Å². The van der Waals surface area contributed by atoms with Gasteiger partial charge in [-0.25, -0.2) is 9.37 Å². The molecule has 1 aromatic rings. The molecule has 2 rings (SSSR count). The maximum atomic E-state index is 13.3. The maximum Gasteiger partial charge on any atom is 0.255 e. The molecule has 0 saturated heterocycles. The molecule has 1 aromatic heterocycles. The van der Waals surface area contributed by atoms with Crippen LogP contribution in [0.3, 0.4) is 0 Å². The monoisotopic (exact) mass is 281 g/mol. The normalized spacial score (nSPS) is 23.9. The van der Waals surface area contributed by atoms with Gasteiger partial charge in [0.25, 0.3) is 5.91 Å². The van der Waals surface area contributed by atoms with E-state index < -0.39 is 5.82 Å². The Hall–Kier alpha value is -1.69. The van der Waals surface area contributed by atoms with Gasteiger partial charge in [-0.3, -0.25) is 4.79 Å². The average molecular weight is 281 g/mol. The minimum absolute atomic E-state index is 0.00734. The summed E-state index contributed by atoms with van der Waals surface area (Å²) in [4.78, 5) is 16.1. The number of amides is 1. The van der Waals surface area contributed by atoms with Gasteiger partial charge < -0.3 is 15.4 Å². The maximum absolute atomic E-state index is 13.3. The SMILES string of the molecule is CNc1ncc(F)cc1C(=O)NC1CC(OC)C1(C)C. The van der Waals surface area contributed by atoms with Crippen molar-refractivity contribution < 1.29 is 13.9 Å². The van der Waals surface area contributed by atoms with Crippen molar-refractivity contribution in [1.29, 1.82) is 0 Å². The predicted molar refractivity (Wildman–Crippen MR) is 74.2 cm³/mol. The van der Waals surface area contributed by atoms with Gasteiger partial charge in [0.2, 0.25) is 0 Å². The second-order valence-corrected chi connectivity index (χ2v) is 5.61. The van der Waals surface area contributed by atoms with E-state index >= 15 is 0 Å². The Morgan fingerprint density at radius 1 is 1.55 bits per heavy atom. The van der Waals surface area contributed by atoms with Crippen LogP contribution in [0.5, 0.6) is 0 Å². The third-order valence-corrected chi connectivity index (χ3v) is 4.10. The van der Waals surface area contributed by atoms with Gasteiger partial charge in [0, 0.05) is 25.6 Å². The predicted octanol–water partition coefficient (Wildman–Crippen LogP) is 1.81. The molecule has 5 nitrogen and oxygen atoms in total. The van der Waals surface area contributed by atoms with E-state index in [1.807, 2.05) is 13.8 Å². The van der Waals surface area contributed by atoms with Crippen molar-refractivity contribution in [3.8, 4) is 0 Å². The van der Waals surface area contributed by atoms with E-state index in [1.165, 1.54) is 6.07 Å². The third-order valence-electron chi connectivity index (χ3n) is 4.10. The number of aromatic nitrogens is 1. The Kier molecular flexibility index (Phi) is 3.94. The summed E-state index contributed by atoms with van der Waals surface area (Å²) in [5, 5.41) is 5.71. The zero-order valence-corrected chi connectivity index (χ0v) is 12.2. The minimum Gasteiger partial charge on any atom is -0.381 e. The van der Waals surface area contributed by atoms with Gasteiger partial charge in [-0.2, -0.15) is 0 Å². The molecule has 1 aliphatic rings. The first-order chi connectivity index (χ1) is 9.40. The molecule has 0 aromatic carbocycles. The molecule has 0 bridgehead atoms. The van der Waals surface area contributed by atoms with E-state index in [2.05, 4.69) is 15.6 Å². The highest BCUT2D eigenvalue weighted by molar-refractivity contribution is 5.99. The summed E-state index contributed by atoms with van der Waals surface area (Å²) in [7, 11) is 3.31. The van der Waals surface area contributed by atoms with Crippen molar-refractivity contribution in [3.63, 3.8) is 0 Å². The number of methoxy groups -OCH3 is 1. The third kappa shape index (κ3) is 2.47. The molecule has 0 aliphatic heterocycles. The van der Waals surface area contributed by atoms with Crippen molar-refractivity contribution in [2.45, 2.75) is 32.4 Å². The number of ether oxygens (including phenoxy) is 1. The largest absolute Gasteiger partial charge is 0.381 e. The van der Waals surface area contributed by atoms with Crippen LogP contribution < -0.4 is 10.6 Å². The highest BCUT2D eigenvalue weighted by Gasteiger charge is 2.49. The van der Waals surface area contributed by atoms with Gasteiger partial charge in [-0.1, -0.05) is 13.8 Å². The summed E-state index contributed by atoms with van der Waals surface area (Å²) in [6, 6.07) is 1.20. The number of nitrogens with one attached hydrogen (secondary N) is 2. The standard InChI is InChI=1S/C14H20FN3O2/c1-14(2)10(6-11(14)20-4)18-13(19)9-5-8(15)7-17-12(9)16-3/h5,7,10-11H,6H2,1-4H3,(H,16,17)(H,18,19). The molecule has 1 saturated carbocycles. The summed E-state index contributed by atoms with van der Waals surface area (Å²) in [6.45, 7) is 4.08. The van der Waals surface area contributed by atoms with Crippen LogP contribution in [-0.2, 0) is 4.74 Å². The fourth-order valence-corrected chi connectivity index (χ4v) is 2.58. The number of pyridine rings is 1.